The van der Waals surface area contributed by atoms with Crippen LogP contribution in [-0.4, -0.2) is 10.7 Å². The van der Waals surface area contributed by atoms with E-state index in [1.54, 1.807) is 0 Å². The average molecular weight is 196 g/mol. The lowest BCUT2D eigenvalue weighted by atomic mass is 9.70. The standard InChI is InChI=1S/C13H24O/c1-3-13(14,11-7-8-11)12-6-4-5-10(2)9-12/h10-12,14H,3-9H2,1-2H3. The smallest absolute Gasteiger partial charge is 0.0701 e. The molecule has 1 heteroatoms. The van der Waals surface area contributed by atoms with Gasteiger partial charge in [0.25, 0.3) is 0 Å². The number of rotatable bonds is 3. The van der Waals surface area contributed by atoms with Crippen molar-refractivity contribution in [3.05, 3.63) is 0 Å². The fourth-order valence-electron chi connectivity index (χ4n) is 3.38. The van der Waals surface area contributed by atoms with E-state index in [1.165, 1.54) is 38.5 Å². The summed E-state index contributed by atoms with van der Waals surface area (Å²) in [5.41, 5.74) is -0.297. The molecule has 2 fully saturated rings. The van der Waals surface area contributed by atoms with Crippen LogP contribution in [0.1, 0.15) is 58.8 Å². The Kier molecular flexibility index (Phi) is 2.88. The molecule has 0 aromatic heterocycles. The zero-order chi connectivity index (χ0) is 10.2. The molecule has 0 saturated heterocycles. The molecule has 2 rings (SSSR count). The van der Waals surface area contributed by atoms with Crippen LogP contribution >= 0.6 is 0 Å². The van der Waals surface area contributed by atoms with Crippen LogP contribution in [0.5, 0.6) is 0 Å². The Hall–Kier alpha value is -0.0400. The zero-order valence-corrected chi connectivity index (χ0v) is 9.63. The van der Waals surface area contributed by atoms with E-state index in [2.05, 4.69) is 13.8 Å². The summed E-state index contributed by atoms with van der Waals surface area (Å²) < 4.78 is 0. The van der Waals surface area contributed by atoms with Crippen LogP contribution in [0.4, 0.5) is 0 Å². The lowest BCUT2D eigenvalue weighted by Gasteiger charge is -2.40. The molecule has 2 saturated carbocycles. The SMILES string of the molecule is CCC(O)(C1CC1)C1CCCC(C)C1. The summed E-state index contributed by atoms with van der Waals surface area (Å²) in [6, 6.07) is 0. The molecule has 14 heavy (non-hydrogen) atoms. The Morgan fingerprint density at radius 3 is 2.36 bits per heavy atom. The van der Waals surface area contributed by atoms with E-state index in [-0.39, 0.29) is 5.60 Å². The van der Waals surface area contributed by atoms with E-state index < -0.39 is 0 Å². The highest BCUT2D eigenvalue weighted by atomic mass is 16.3. The Morgan fingerprint density at radius 2 is 1.86 bits per heavy atom. The summed E-state index contributed by atoms with van der Waals surface area (Å²) in [5.74, 6) is 2.08. The van der Waals surface area contributed by atoms with Crippen LogP contribution < -0.4 is 0 Å². The van der Waals surface area contributed by atoms with Crippen LogP contribution in [0.2, 0.25) is 0 Å². The van der Waals surface area contributed by atoms with Gasteiger partial charge in [-0.05, 0) is 49.9 Å². The minimum atomic E-state index is -0.297. The van der Waals surface area contributed by atoms with Crippen molar-refractivity contribution >= 4 is 0 Å². The van der Waals surface area contributed by atoms with Gasteiger partial charge in [-0.25, -0.2) is 0 Å². The maximum atomic E-state index is 10.7. The summed E-state index contributed by atoms with van der Waals surface area (Å²) >= 11 is 0. The van der Waals surface area contributed by atoms with Crippen LogP contribution in [-0.2, 0) is 0 Å². The Bertz CT molecular complexity index is 197. The van der Waals surface area contributed by atoms with Gasteiger partial charge in [-0.2, -0.15) is 0 Å². The second-order valence-electron chi connectivity index (χ2n) is 5.59. The normalized spacial score (nSPS) is 37.9. The van der Waals surface area contributed by atoms with Crippen molar-refractivity contribution in [2.24, 2.45) is 17.8 Å². The average Bonchev–Trinajstić information content (AvgIpc) is 3.00. The maximum absolute atomic E-state index is 10.7. The van der Waals surface area contributed by atoms with Crippen LogP contribution in [0.15, 0.2) is 0 Å². The van der Waals surface area contributed by atoms with Gasteiger partial charge in [0, 0.05) is 0 Å². The lowest BCUT2D eigenvalue weighted by molar-refractivity contribution is -0.0617. The van der Waals surface area contributed by atoms with Gasteiger partial charge >= 0.3 is 0 Å². The third-order valence-electron chi connectivity index (χ3n) is 4.49. The van der Waals surface area contributed by atoms with Crippen molar-refractivity contribution in [1.29, 1.82) is 0 Å². The fraction of sp³-hybridized carbons (Fsp3) is 1.00. The van der Waals surface area contributed by atoms with Crippen molar-refractivity contribution in [3.8, 4) is 0 Å². The van der Waals surface area contributed by atoms with E-state index in [9.17, 15) is 5.11 Å². The Morgan fingerprint density at radius 1 is 1.14 bits per heavy atom. The molecule has 0 radical (unpaired) electrons. The van der Waals surface area contributed by atoms with Crippen molar-refractivity contribution in [1.82, 2.24) is 0 Å². The molecule has 1 nitrogen and oxygen atoms in total. The quantitative estimate of drug-likeness (QED) is 0.734. The molecular formula is C13H24O. The highest BCUT2D eigenvalue weighted by Crippen LogP contribution is 2.50. The minimum absolute atomic E-state index is 0.297. The molecule has 3 atom stereocenters. The van der Waals surface area contributed by atoms with Gasteiger partial charge in [0.05, 0.1) is 5.60 Å². The predicted molar refractivity (Wildman–Crippen MR) is 59.1 cm³/mol. The van der Waals surface area contributed by atoms with Crippen molar-refractivity contribution in [2.75, 3.05) is 0 Å². The van der Waals surface area contributed by atoms with Crippen molar-refractivity contribution < 1.29 is 5.11 Å². The van der Waals surface area contributed by atoms with E-state index in [4.69, 9.17) is 0 Å². The van der Waals surface area contributed by atoms with Gasteiger partial charge in [0.1, 0.15) is 0 Å². The Balaban J connectivity index is 2.02. The molecule has 1 N–H and O–H groups in total. The van der Waals surface area contributed by atoms with E-state index in [0.29, 0.717) is 11.8 Å². The molecule has 0 heterocycles. The van der Waals surface area contributed by atoms with Gasteiger partial charge in [0.15, 0.2) is 0 Å². The van der Waals surface area contributed by atoms with E-state index in [0.717, 1.165) is 12.3 Å². The summed E-state index contributed by atoms with van der Waals surface area (Å²) in [5, 5.41) is 10.7. The fourth-order valence-corrected chi connectivity index (χ4v) is 3.38. The second kappa shape index (κ2) is 3.84. The van der Waals surface area contributed by atoms with Gasteiger partial charge < -0.3 is 5.11 Å². The number of hydrogen-bond acceptors (Lipinski definition) is 1. The molecule has 0 aliphatic heterocycles. The molecule has 0 aromatic rings. The van der Waals surface area contributed by atoms with E-state index in [1.807, 2.05) is 0 Å². The topological polar surface area (TPSA) is 20.2 Å². The molecular weight excluding hydrogens is 172 g/mol. The van der Waals surface area contributed by atoms with E-state index >= 15 is 0 Å². The van der Waals surface area contributed by atoms with Gasteiger partial charge in [-0.3, -0.25) is 0 Å². The number of aliphatic hydroxyl groups is 1. The molecule has 0 spiro atoms. The molecule has 0 amide bonds. The third-order valence-corrected chi connectivity index (χ3v) is 4.49. The lowest BCUT2D eigenvalue weighted by Crippen LogP contribution is -2.41. The molecule has 82 valence electrons. The molecule has 0 aromatic carbocycles. The molecule has 3 unspecified atom stereocenters. The monoisotopic (exact) mass is 196 g/mol. The van der Waals surface area contributed by atoms with Gasteiger partial charge in [0.2, 0.25) is 0 Å². The minimum Gasteiger partial charge on any atom is -0.389 e. The van der Waals surface area contributed by atoms with Crippen LogP contribution in [0.3, 0.4) is 0 Å². The molecule has 2 aliphatic carbocycles. The predicted octanol–water partition coefficient (Wildman–Crippen LogP) is 3.36. The first-order valence-corrected chi connectivity index (χ1v) is 6.39. The molecule has 0 bridgehead atoms. The summed E-state index contributed by atoms with van der Waals surface area (Å²) in [6.45, 7) is 4.51. The third kappa shape index (κ3) is 1.84. The van der Waals surface area contributed by atoms with Gasteiger partial charge in [-0.1, -0.05) is 26.7 Å². The maximum Gasteiger partial charge on any atom is 0.0701 e. The zero-order valence-electron chi connectivity index (χ0n) is 9.63. The van der Waals surface area contributed by atoms with Crippen molar-refractivity contribution in [2.45, 2.75) is 64.4 Å². The first-order chi connectivity index (χ1) is 6.66. The van der Waals surface area contributed by atoms with Crippen LogP contribution in [0, 0.1) is 17.8 Å². The van der Waals surface area contributed by atoms with Gasteiger partial charge in [-0.15, -0.1) is 0 Å². The van der Waals surface area contributed by atoms with Crippen LogP contribution in [0.25, 0.3) is 0 Å². The first kappa shape index (κ1) is 10.5. The summed E-state index contributed by atoms with van der Waals surface area (Å²) in [4.78, 5) is 0. The first-order valence-electron chi connectivity index (χ1n) is 6.39. The van der Waals surface area contributed by atoms with Crippen molar-refractivity contribution in [3.63, 3.8) is 0 Å². The number of hydrogen-bond donors (Lipinski definition) is 1. The largest absolute Gasteiger partial charge is 0.389 e. The highest BCUT2D eigenvalue weighted by Gasteiger charge is 2.48. The Labute approximate surface area is 87.9 Å². The molecule has 2 aliphatic rings. The summed E-state index contributed by atoms with van der Waals surface area (Å²) in [6.07, 6.45) is 8.76. The summed E-state index contributed by atoms with van der Waals surface area (Å²) in [7, 11) is 0. The highest BCUT2D eigenvalue weighted by molar-refractivity contribution is 4.99. The second-order valence-corrected chi connectivity index (χ2v) is 5.59.